The molecule has 3 aromatic rings. The molecule has 2 heterocycles. The van der Waals surface area contributed by atoms with Crippen molar-refractivity contribution in [1.82, 2.24) is 9.88 Å². The number of fused-ring (bicyclic) bond motifs is 3. The van der Waals surface area contributed by atoms with Crippen LogP contribution in [0.15, 0.2) is 42.5 Å². The number of aromatic amines is 1. The Hall–Kier alpha value is -2.74. The van der Waals surface area contributed by atoms with Crippen molar-refractivity contribution in [2.75, 3.05) is 26.9 Å². The van der Waals surface area contributed by atoms with Crippen molar-refractivity contribution in [3.63, 3.8) is 0 Å². The largest absolute Gasteiger partial charge is 0.491 e. The third-order valence-electron chi connectivity index (χ3n) is 5.35. The van der Waals surface area contributed by atoms with Gasteiger partial charge in [0, 0.05) is 28.2 Å². The van der Waals surface area contributed by atoms with Gasteiger partial charge in [0.15, 0.2) is 0 Å². The molecule has 7 nitrogen and oxygen atoms in total. The van der Waals surface area contributed by atoms with Gasteiger partial charge >= 0.3 is 6.09 Å². The van der Waals surface area contributed by atoms with Crippen LogP contribution in [0, 0.1) is 0 Å². The third kappa shape index (κ3) is 3.84. The summed E-state index contributed by atoms with van der Waals surface area (Å²) >= 11 is 6.21. The standard InChI is InChI=1S/C22H23ClN2O5/c1-29-22(28)25-9-8-17-18-10-14(23)4-7-19(18)24-20(17)21(25)13-2-5-16(6-3-13)30-12-15(27)11-26/h2-7,10,15,21,24,26-27H,8-9,11-12H2,1H3. The number of hydrogen-bond donors (Lipinski definition) is 3. The number of carbonyl (C=O) groups excluding carboxylic acids is 1. The van der Waals surface area contributed by atoms with E-state index < -0.39 is 12.2 Å². The van der Waals surface area contributed by atoms with Crippen LogP contribution in [0.25, 0.3) is 10.9 Å². The van der Waals surface area contributed by atoms with Gasteiger partial charge in [-0.15, -0.1) is 0 Å². The molecule has 30 heavy (non-hydrogen) atoms. The van der Waals surface area contributed by atoms with E-state index in [1.807, 2.05) is 30.3 Å². The quantitative estimate of drug-likeness (QED) is 0.577. The zero-order valence-electron chi connectivity index (χ0n) is 16.5. The minimum Gasteiger partial charge on any atom is -0.491 e. The maximum atomic E-state index is 12.5. The monoisotopic (exact) mass is 430 g/mol. The molecular formula is C22H23ClN2O5. The van der Waals surface area contributed by atoms with E-state index in [9.17, 15) is 9.90 Å². The van der Waals surface area contributed by atoms with E-state index in [1.165, 1.54) is 7.11 Å². The minimum atomic E-state index is -0.932. The Morgan fingerprint density at radius 1 is 1.30 bits per heavy atom. The highest BCUT2D eigenvalue weighted by atomic mass is 35.5. The number of nitrogens with one attached hydrogen (secondary N) is 1. The number of aliphatic hydroxyl groups is 2. The van der Waals surface area contributed by atoms with Crippen LogP contribution in [0.4, 0.5) is 4.79 Å². The fourth-order valence-electron chi connectivity index (χ4n) is 3.91. The SMILES string of the molecule is COC(=O)N1CCc2c([nH]c3ccc(Cl)cc23)C1c1ccc(OCC(O)CO)cc1. The number of hydrogen-bond acceptors (Lipinski definition) is 5. The summed E-state index contributed by atoms with van der Waals surface area (Å²) < 4.78 is 10.5. The van der Waals surface area contributed by atoms with E-state index in [4.69, 9.17) is 26.2 Å². The first-order chi connectivity index (χ1) is 14.5. The highest BCUT2D eigenvalue weighted by Gasteiger charge is 2.35. The molecule has 0 spiro atoms. The fraction of sp³-hybridized carbons (Fsp3) is 0.318. The van der Waals surface area contributed by atoms with E-state index in [0.29, 0.717) is 23.7 Å². The molecule has 2 atom stereocenters. The summed E-state index contributed by atoms with van der Waals surface area (Å²) in [5.74, 6) is 0.565. The topological polar surface area (TPSA) is 95.0 Å². The van der Waals surface area contributed by atoms with E-state index in [0.717, 1.165) is 27.7 Å². The van der Waals surface area contributed by atoms with Crippen molar-refractivity contribution in [1.29, 1.82) is 0 Å². The molecule has 2 aromatic carbocycles. The second-order valence-corrected chi connectivity index (χ2v) is 7.68. The summed E-state index contributed by atoms with van der Waals surface area (Å²) in [5, 5.41) is 20.1. The molecule has 0 radical (unpaired) electrons. The number of aromatic nitrogens is 1. The van der Waals surface area contributed by atoms with Gasteiger partial charge in [0.2, 0.25) is 0 Å². The number of aliphatic hydroxyl groups excluding tert-OH is 2. The van der Waals surface area contributed by atoms with Crippen molar-refractivity contribution >= 4 is 28.6 Å². The lowest BCUT2D eigenvalue weighted by Crippen LogP contribution is -2.40. The predicted octanol–water partition coefficient (Wildman–Crippen LogP) is 3.27. The summed E-state index contributed by atoms with van der Waals surface area (Å²) in [5.41, 5.74) is 3.95. The number of nitrogens with zero attached hydrogens (tertiary/aromatic N) is 1. The fourth-order valence-corrected chi connectivity index (χ4v) is 4.08. The van der Waals surface area contributed by atoms with Crippen LogP contribution in [0.1, 0.15) is 22.9 Å². The van der Waals surface area contributed by atoms with Crippen molar-refractivity contribution in [3.8, 4) is 5.75 Å². The molecule has 8 heteroatoms. The number of ether oxygens (including phenoxy) is 2. The Morgan fingerprint density at radius 3 is 2.77 bits per heavy atom. The Balaban J connectivity index is 1.72. The van der Waals surface area contributed by atoms with Gasteiger partial charge in [-0.1, -0.05) is 23.7 Å². The average Bonchev–Trinajstić information content (AvgIpc) is 3.14. The first-order valence-electron chi connectivity index (χ1n) is 9.68. The van der Waals surface area contributed by atoms with E-state index >= 15 is 0 Å². The number of H-pyrrole nitrogens is 1. The van der Waals surface area contributed by atoms with Gasteiger partial charge in [0.25, 0.3) is 0 Å². The molecule has 158 valence electrons. The number of carbonyl (C=O) groups is 1. The van der Waals surface area contributed by atoms with Crippen molar-refractivity contribution in [2.45, 2.75) is 18.6 Å². The summed E-state index contributed by atoms with van der Waals surface area (Å²) in [6.45, 7) is 0.159. The van der Waals surface area contributed by atoms with Crippen LogP contribution < -0.4 is 4.74 Å². The molecule has 1 aliphatic rings. The minimum absolute atomic E-state index is 0.000482. The molecule has 0 fully saturated rings. The van der Waals surface area contributed by atoms with Gasteiger partial charge in [-0.25, -0.2) is 4.79 Å². The molecule has 0 bridgehead atoms. The summed E-state index contributed by atoms with van der Waals surface area (Å²) in [4.78, 5) is 17.7. The van der Waals surface area contributed by atoms with Gasteiger partial charge in [-0.3, -0.25) is 4.90 Å². The van der Waals surface area contributed by atoms with Crippen LogP contribution in [0.3, 0.4) is 0 Å². The van der Waals surface area contributed by atoms with E-state index in [2.05, 4.69) is 4.98 Å². The highest BCUT2D eigenvalue weighted by molar-refractivity contribution is 6.31. The van der Waals surface area contributed by atoms with Crippen LogP contribution in [-0.2, 0) is 11.2 Å². The number of amides is 1. The van der Waals surface area contributed by atoms with Crippen LogP contribution >= 0.6 is 11.6 Å². The number of methoxy groups -OCH3 is 1. The normalized spacial score (nSPS) is 16.9. The Kier molecular flexibility index (Phi) is 5.85. The maximum absolute atomic E-state index is 12.5. The first kappa shape index (κ1) is 20.5. The molecule has 1 amide bonds. The number of benzene rings is 2. The van der Waals surface area contributed by atoms with E-state index in [1.54, 1.807) is 17.0 Å². The zero-order valence-corrected chi connectivity index (χ0v) is 17.2. The van der Waals surface area contributed by atoms with Crippen LogP contribution in [0.5, 0.6) is 5.75 Å². The molecule has 1 aromatic heterocycles. The average molecular weight is 431 g/mol. The summed E-state index contributed by atoms with van der Waals surface area (Å²) in [6.07, 6.45) is -0.631. The molecule has 0 saturated carbocycles. The van der Waals surface area contributed by atoms with Gasteiger partial charge in [0.1, 0.15) is 24.5 Å². The first-order valence-corrected chi connectivity index (χ1v) is 10.1. The van der Waals surface area contributed by atoms with Crippen molar-refractivity contribution < 1.29 is 24.5 Å². The van der Waals surface area contributed by atoms with E-state index in [-0.39, 0.29) is 19.3 Å². The van der Waals surface area contributed by atoms with Gasteiger partial charge in [-0.05, 0) is 47.9 Å². The lowest BCUT2D eigenvalue weighted by Gasteiger charge is -2.35. The lowest BCUT2D eigenvalue weighted by molar-refractivity contribution is 0.0536. The second-order valence-electron chi connectivity index (χ2n) is 7.24. The molecule has 0 aliphatic carbocycles. The second kappa shape index (κ2) is 8.55. The Bertz CT molecular complexity index is 1050. The summed E-state index contributed by atoms with van der Waals surface area (Å²) in [7, 11) is 1.38. The number of halogens is 1. The van der Waals surface area contributed by atoms with Crippen LogP contribution in [-0.4, -0.2) is 59.2 Å². The predicted molar refractivity (Wildman–Crippen MR) is 113 cm³/mol. The van der Waals surface area contributed by atoms with Crippen molar-refractivity contribution in [3.05, 3.63) is 64.3 Å². The molecule has 3 N–H and O–H groups in total. The van der Waals surface area contributed by atoms with Gasteiger partial charge in [0.05, 0.1) is 13.7 Å². The molecule has 0 saturated heterocycles. The Morgan fingerprint density at radius 2 is 2.07 bits per heavy atom. The van der Waals surface area contributed by atoms with Crippen molar-refractivity contribution in [2.24, 2.45) is 0 Å². The molecular weight excluding hydrogens is 408 g/mol. The molecule has 1 aliphatic heterocycles. The molecule has 4 rings (SSSR count). The lowest BCUT2D eigenvalue weighted by atomic mass is 9.92. The Labute approximate surface area is 178 Å². The smallest absolute Gasteiger partial charge is 0.410 e. The van der Waals surface area contributed by atoms with Crippen LogP contribution in [0.2, 0.25) is 5.02 Å². The summed E-state index contributed by atoms with van der Waals surface area (Å²) in [6, 6.07) is 12.7. The van der Waals surface area contributed by atoms with Gasteiger partial charge in [-0.2, -0.15) is 0 Å². The molecule has 2 unspecified atom stereocenters. The zero-order chi connectivity index (χ0) is 21.3. The maximum Gasteiger partial charge on any atom is 0.410 e. The number of rotatable bonds is 5. The van der Waals surface area contributed by atoms with Gasteiger partial charge < -0.3 is 24.7 Å². The third-order valence-corrected chi connectivity index (χ3v) is 5.58. The highest BCUT2D eigenvalue weighted by Crippen LogP contribution is 2.39.